The lowest BCUT2D eigenvalue weighted by molar-refractivity contribution is -0.140. The highest BCUT2D eigenvalue weighted by atomic mass is 79.9. The van der Waals surface area contributed by atoms with Crippen molar-refractivity contribution in [3.63, 3.8) is 0 Å². The topological polar surface area (TPSA) is 47.0 Å². The third kappa shape index (κ3) is 3.76. The number of alkyl halides is 6. The number of rotatable bonds is 3. The molecular weight excluding hydrogens is 385 g/mol. The van der Waals surface area contributed by atoms with Crippen LogP contribution in [0.1, 0.15) is 23.4 Å². The summed E-state index contributed by atoms with van der Waals surface area (Å²) in [5.74, 6) is 0. The summed E-state index contributed by atoms with van der Waals surface area (Å²) < 4.78 is 85.4. The standard InChI is InChI=1S/C8H4BrClF5NO2S/c9-2-5-6(19(10,17)18)3(8(13,14)15)1-4(16-5)7(11)12/h1,7H,2H2. The molecule has 0 saturated carbocycles. The summed E-state index contributed by atoms with van der Waals surface area (Å²) >= 11 is 2.69. The van der Waals surface area contributed by atoms with Crippen LogP contribution in [0.3, 0.4) is 0 Å². The van der Waals surface area contributed by atoms with E-state index < -0.39 is 48.8 Å². The van der Waals surface area contributed by atoms with E-state index in [0.717, 1.165) is 0 Å². The molecule has 0 spiro atoms. The van der Waals surface area contributed by atoms with Crippen LogP contribution in [0.4, 0.5) is 22.0 Å². The van der Waals surface area contributed by atoms with Gasteiger partial charge in [-0.15, -0.1) is 0 Å². The zero-order chi connectivity index (χ0) is 15.0. The molecule has 1 aromatic heterocycles. The van der Waals surface area contributed by atoms with Crippen molar-refractivity contribution < 1.29 is 30.4 Å². The van der Waals surface area contributed by atoms with E-state index in [9.17, 15) is 30.4 Å². The van der Waals surface area contributed by atoms with Crippen LogP contribution in [0.25, 0.3) is 0 Å². The molecule has 11 heteroatoms. The predicted octanol–water partition coefficient (Wildman–Crippen LogP) is 3.86. The van der Waals surface area contributed by atoms with Crippen LogP contribution in [0.2, 0.25) is 0 Å². The summed E-state index contributed by atoms with van der Waals surface area (Å²) in [6.45, 7) is 0. The van der Waals surface area contributed by atoms with Gasteiger partial charge in [-0.3, -0.25) is 0 Å². The van der Waals surface area contributed by atoms with Crippen molar-refractivity contribution in [2.75, 3.05) is 0 Å². The Balaban J connectivity index is 3.79. The van der Waals surface area contributed by atoms with Crippen molar-refractivity contribution in [2.45, 2.75) is 22.8 Å². The van der Waals surface area contributed by atoms with E-state index in [1.54, 1.807) is 0 Å². The maximum Gasteiger partial charge on any atom is 0.417 e. The molecule has 1 rings (SSSR count). The fourth-order valence-electron chi connectivity index (χ4n) is 1.29. The van der Waals surface area contributed by atoms with Gasteiger partial charge in [0.1, 0.15) is 10.6 Å². The molecule has 0 aliphatic carbocycles. The van der Waals surface area contributed by atoms with Gasteiger partial charge in [0, 0.05) is 16.0 Å². The van der Waals surface area contributed by atoms with Crippen molar-refractivity contribution >= 4 is 35.7 Å². The first-order valence-corrected chi connectivity index (χ1v) is 7.81. The summed E-state index contributed by atoms with van der Waals surface area (Å²) in [7, 11) is 0.122. The maximum absolute atomic E-state index is 12.7. The summed E-state index contributed by atoms with van der Waals surface area (Å²) in [5.41, 5.74) is -3.66. The molecule has 1 heterocycles. The molecule has 108 valence electrons. The van der Waals surface area contributed by atoms with Gasteiger partial charge in [0.2, 0.25) is 0 Å². The molecule has 0 fully saturated rings. The quantitative estimate of drug-likeness (QED) is 0.449. The molecule has 3 nitrogen and oxygen atoms in total. The summed E-state index contributed by atoms with van der Waals surface area (Å²) in [6, 6.07) is -0.0217. The average molecular weight is 389 g/mol. The van der Waals surface area contributed by atoms with Gasteiger partial charge in [-0.05, 0) is 6.07 Å². The lowest BCUT2D eigenvalue weighted by atomic mass is 10.2. The maximum atomic E-state index is 12.7. The molecule has 1 aromatic rings. The molecule has 0 amide bonds. The first-order valence-electron chi connectivity index (χ1n) is 4.38. The Morgan fingerprint density at radius 2 is 1.89 bits per heavy atom. The molecular formula is C8H4BrClF5NO2S. The van der Waals surface area contributed by atoms with Gasteiger partial charge in [-0.2, -0.15) is 13.2 Å². The van der Waals surface area contributed by atoms with E-state index in [1.165, 1.54) is 0 Å². The van der Waals surface area contributed by atoms with Crippen molar-refractivity contribution in [2.24, 2.45) is 0 Å². The summed E-state index contributed by atoms with van der Waals surface area (Å²) in [4.78, 5) is 1.85. The highest BCUT2D eigenvalue weighted by Crippen LogP contribution is 2.39. The van der Waals surface area contributed by atoms with Crippen LogP contribution in [-0.2, 0) is 20.6 Å². The Morgan fingerprint density at radius 1 is 1.37 bits per heavy atom. The molecule has 19 heavy (non-hydrogen) atoms. The highest BCUT2D eigenvalue weighted by Gasteiger charge is 2.40. The molecule has 0 radical (unpaired) electrons. The Bertz CT molecular complexity index is 590. The second-order valence-electron chi connectivity index (χ2n) is 3.24. The van der Waals surface area contributed by atoms with Crippen LogP contribution < -0.4 is 0 Å². The molecule has 0 aliphatic heterocycles. The second kappa shape index (κ2) is 5.49. The molecule has 0 saturated heterocycles. The molecule has 0 N–H and O–H groups in total. The second-order valence-corrected chi connectivity index (χ2v) is 6.30. The van der Waals surface area contributed by atoms with Crippen molar-refractivity contribution in [1.29, 1.82) is 0 Å². The van der Waals surface area contributed by atoms with E-state index >= 15 is 0 Å². The first-order chi connectivity index (χ1) is 8.48. The number of pyridine rings is 1. The van der Waals surface area contributed by atoms with Crippen LogP contribution in [0, 0.1) is 0 Å². The largest absolute Gasteiger partial charge is 0.417 e. The summed E-state index contributed by atoms with van der Waals surface area (Å²) in [5, 5.41) is -0.474. The van der Waals surface area contributed by atoms with Crippen LogP contribution in [0.5, 0.6) is 0 Å². The highest BCUT2D eigenvalue weighted by molar-refractivity contribution is 9.08. The number of aromatic nitrogens is 1. The Morgan fingerprint density at radius 3 is 2.21 bits per heavy atom. The van der Waals surface area contributed by atoms with Crippen molar-refractivity contribution in [3.05, 3.63) is 23.0 Å². The predicted molar refractivity (Wildman–Crippen MR) is 59.9 cm³/mol. The third-order valence-electron chi connectivity index (χ3n) is 1.96. The molecule has 0 atom stereocenters. The Kier molecular flexibility index (Phi) is 4.79. The van der Waals surface area contributed by atoms with Crippen LogP contribution in [-0.4, -0.2) is 13.4 Å². The number of hydrogen-bond donors (Lipinski definition) is 0. The van der Waals surface area contributed by atoms with E-state index in [4.69, 9.17) is 10.7 Å². The number of halogens is 7. The van der Waals surface area contributed by atoms with E-state index in [2.05, 4.69) is 20.9 Å². The fourth-order valence-corrected chi connectivity index (χ4v) is 3.24. The normalized spacial score (nSPS) is 13.1. The van der Waals surface area contributed by atoms with E-state index in [1.807, 2.05) is 0 Å². The van der Waals surface area contributed by atoms with E-state index in [-0.39, 0.29) is 6.07 Å². The van der Waals surface area contributed by atoms with Gasteiger partial charge in [-0.1, -0.05) is 15.9 Å². The summed E-state index contributed by atoms with van der Waals surface area (Å²) in [6.07, 6.45) is -8.42. The zero-order valence-electron chi connectivity index (χ0n) is 8.68. The first kappa shape index (κ1) is 16.6. The minimum Gasteiger partial charge on any atom is -0.250 e. The van der Waals surface area contributed by atoms with Crippen LogP contribution >= 0.6 is 26.6 Å². The monoisotopic (exact) mass is 387 g/mol. The van der Waals surface area contributed by atoms with Gasteiger partial charge >= 0.3 is 6.18 Å². The Hall–Kier alpha value is -0.480. The fraction of sp³-hybridized carbons (Fsp3) is 0.375. The lowest BCUT2D eigenvalue weighted by Gasteiger charge is -2.15. The molecule has 0 bridgehead atoms. The molecule has 0 aromatic carbocycles. The van der Waals surface area contributed by atoms with Gasteiger partial charge in [0.15, 0.2) is 0 Å². The van der Waals surface area contributed by atoms with Gasteiger partial charge in [0.05, 0.1) is 11.3 Å². The van der Waals surface area contributed by atoms with E-state index in [0.29, 0.717) is 0 Å². The number of hydrogen-bond acceptors (Lipinski definition) is 3. The van der Waals surface area contributed by atoms with Crippen LogP contribution in [0.15, 0.2) is 11.0 Å². The zero-order valence-corrected chi connectivity index (χ0v) is 11.8. The van der Waals surface area contributed by atoms with Gasteiger partial charge < -0.3 is 0 Å². The van der Waals surface area contributed by atoms with Crippen molar-refractivity contribution in [3.8, 4) is 0 Å². The van der Waals surface area contributed by atoms with Gasteiger partial charge in [-0.25, -0.2) is 22.2 Å². The minimum absolute atomic E-state index is 0.0217. The molecule has 0 unspecified atom stereocenters. The molecule has 0 aliphatic rings. The smallest absolute Gasteiger partial charge is 0.250 e. The van der Waals surface area contributed by atoms with Crippen molar-refractivity contribution in [1.82, 2.24) is 4.98 Å². The lowest BCUT2D eigenvalue weighted by Crippen LogP contribution is -2.15. The van der Waals surface area contributed by atoms with Gasteiger partial charge in [0.25, 0.3) is 15.5 Å². The minimum atomic E-state index is -5.15. The third-order valence-corrected chi connectivity index (χ3v) is 3.90. The Labute approximate surface area is 117 Å². The average Bonchev–Trinajstić information content (AvgIpc) is 2.24. The SMILES string of the molecule is O=S(=O)(Cl)c1c(C(F)(F)F)cc(C(F)F)nc1CBr. The number of nitrogens with zero attached hydrogens (tertiary/aromatic N) is 1.